The van der Waals surface area contributed by atoms with Crippen molar-refractivity contribution in [1.29, 1.82) is 0 Å². The number of hydrogen-bond acceptors (Lipinski definition) is 6. The first-order valence-corrected chi connectivity index (χ1v) is 27.6. The molecule has 2 N–H and O–H groups in total. The molecule has 0 aromatic carbocycles. The van der Waals surface area contributed by atoms with E-state index in [9.17, 15) is 19.4 Å². The first kappa shape index (κ1) is 61.2. The minimum Gasteiger partial charge on any atom is -0.756 e. The second kappa shape index (κ2) is 45.4. The molecule has 0 aromatic rings. The van der Waals surface area contributed by atoms with Crippen molar-refractivity contribution in [2.24, 2.45) is 0 Å². The van der Waals surface area contributed by atoms with Crippen LogP contribution in [0.4, 0.5) is 0 Å². The van der Waals surface area contributed by atoms with Gasteiger partial charge in [0.2, 0.25) is 5.91 Å². The van der Waals surface area contributed by atoms with Crippen LogP contribution in [-0.2, 0) is 18.4 Å². The van der Waals surface area contributed by atoms with Crippen molar-refractivity contribution in [3.63, 3.8) is 0 Å². The zero-order chi connectivity index (χ0) is 46.4. The third-order valence-electron chi connectivity index (χ3n) is 11.4. The molecular weight excluding hydrogens is 804 g/mol. The first-order valence-electron chi connectivity index (χ1n) is 26.2. The summed E-state index contributed by atoms with van der Waals surface area (Å²) in [5, 5.41) is 13.8. The SMILES string of the molecule is CCCCC/C=C\C/C=C\C/C=C\CCCCCCCCC(=O)NC(COP(=O)([O-])OCC[N+](C)(C)C)C(O)/C=C/CC/C=C/CCCCCCCCCCCCCCCCCC. The molecule has 0 saturated carbocycles. The van der Waals surface area contributed by atoms with E-state index in [1.54, 1.807) is 6.08 Å². The van der Waals surface area contributed by atoms with Gasteiger partial charge < -0.3 is 28.8 Å². The van der Waals surface area contributed by atoms with Crippen molar-refractivity contribution in [3.8, 4) is 0 Å². The minimum atomic E-state index is -4.61. The van der Waals surface area contributed by atoms with E-state index in [-0.39, 0.29) is 12.5 Å². The molecular formula is C54H101N2O6P. The van der Waals surface area contributed by atoms with E-state index in [0.29, 0.717) is 17.4 Å². The molecule has 3 unspecified atom stereocenters. The summed E-state index contributed by atoms with van der Waals surface area (Å²) < 4.78 is 23.3. The number of allylic oxidation sites excluding steroid dienone is 9. The molecule has 9 heteroatoms. The predicted octanol–water partition coefficient (Wildman–Crippen LogP) is 14.7. The zero-order valence-electron chi connectivity index (χ0n) is 41.8. The number of aliphatic hydroxyl groups excluding tert-OH is 1. The average molecular weight is 905 g/mol. The summed E-state index contributed by atoms with van der Waals surface area (Å²) in [5.74, 6) is -0.220. The maximum absolute atomic E-state index is 12.9. The van der Waals surface area contributed by atoms with Gasteiger partial charge in [0.25, 0.3) is 7.82 Å². The van der Waals surface area contributed by atoms with Crippen molar-refractivity contribution >= 4 is 13.7 Å². The van der Waals surface area contributed by atoms with Crippen molar-refractivity contribution in [2.45, 2.75) is 238 Å². The monoisotopic (exact) mass is 905 g/mol. The van der Waals surface area contributed by atoms with Gasteiger partial charge in [-0.3, -0.25) is 9.36 Å². The van der Waals surface area contributed by atoms with E-state index >= 15 is 0 Å². The van der Waals surface area contributed by atoms with Gasteiger partial charge in [0, 0.05) is 6.42 Å². The lowest BCUT2D eigenvalue weighted by atomic mass is 10.0. The van der Waals surface area contributed by atoms with Crippen LogP contribution in [0.3, 0.4) is 0 Å². The number of carbonyl (C=O) groups excluding carboxylic acids is 1. The summed E-state index contributed by atoms with van der Waals surface area (Å²) in [5.41, 5.74) is 0. The Morgan fingerprint density at radius 1 is 0.556 bits per heavy atom. The highest BCUT2D eigenvalue weighted by atomic mass is 31.2. The molecule has 0 saturated heterocycles. The summed E-state index contributed by atoms with van der Waals surface area (Å²) in [6.45, 7) is 4.60. The van der Waals surface area contributed by atoms with Gasteiger partial charge in [0.15, 0.2) is 0 Å². The molecule has 1 amide bonds. The maximum Gasteiger partial charge on any atom is 0.268 e. The summed E-state index contributed by atoms with van der Waals surface area (Å²) in [4.78, 5) is 25.4. The van der Waals surface area contributed by atoms with Gasteiger partial charge in [-0.25, -0.2) is 0 Å². The highest BCUT2D eigenvalue weighted by Gasteiger charge is 2.23. The average Bonchev–Trinajstić information content (AvgIpc) is 3.24. The smallest absolute Gasteiger partial charge is 0.268 e. The molecule has 0 fully saturated rings. The molecule has 0 aliphatic heterocycles. The van der Waals surface area contributed by atoms with E-state index in [1.807, 2.05) is 27.2 Å². The number of likely N-dealkylation sites (N-methyl/N-ethyl adjacent to an activating group) is 1. The number of amides is 1. The number of nitrogens with one attached hydrogen (secondary N) is 1. The van der Waals surface area contributed by atoms with E-state index in [1.165, 1.54) is 141 Å². The molecule has 8 nitrogen and oxygen atoms in total. The molecule has 3 atom stereocenters. The quantitative estimate of drug-likeness (QED) is 0.0273. The number of phosphoric acid groups is 1. The fraction of sp³-hybridized carbons (Fsp3) is 0.796. The minimum absolute atomic E-state index is 0.0113. The fourth-order valence-corrected chi connectivity index (χ4v) is 8.02. The number of unbranched alkanes of at least 4 members (excludes halogenated alkanes) is 26. The van der Waals surface area contributed by atoms with Crippen molar-refractivity contribution in [1.82, 2.24) is 5.32 Å². The lowest BCUT2D eigenvalue weighted by Gasteiger charge is -2.29. The Morgan fingerprint density at radius 2 is 0.937 bits per heavy atom. The molecule has 0 aliphatic carbocycles. The lowest BCUT2D eigenvalue weighted by Crippen LogP contribution is -2.45. The summed E-state index contributed by atoms with van der Waals surface area (Å²) >= 11 is 0. The Kier molecular flexibility index (Phi) is 44.1. The number of phosphoric ester groups is 1. The van der Waals surface area contributed by atoms with Crippen LogP contribution in [0.5, 0.6) is 0 Å². The molecule has 0 aliphatic rings. The Morgan fingerprint density at radius 3 is 1.43 bits per heavy atom. The van der Waals surface area contributed by atoms with E-state index < -0.39 is 26.6 Å². The lowest BCUT2D eigenvalue weighted by molar-refractivity contribution is -0.870. The van der Waals surface area contributed by atoms with Crippen LogP contribution in [0.1, 0.15) is 226 Å². The second-order valence-corrected chi connectivity index (χ2v) is 20.3. The van der Waals surface area contributed by atoms with Crippen LogP contribution < -0.4 is 10.2 Å². The molecule has 63 heavy (non-hydrogen) atoms. The molecule has 0 bridgehead atoms. The maximum atomic E-state index is 12.9. The first-order chi connectivity index (χ1) is 30.5. The number of quaternary nitrogens is 1. The molecule has 0 radical (unpaired) electrons. The van der Waals surface area contributed by atoms with Crippen LogP contribution in [0.25, 0.3) is 0 Å². The summed E-state index contributed by atoms with van der Waals surface area (Å²) in [6, 6.07) is -0.913. The third-order valence-corrected chi connectivity index (χ3v) is 12.4. The van der Waals surface area contributed by atoms with Crippen LogP contribution in [0.2, 0.25) is 0 Å². The van der Waals surface area contributed by atoms with Gasteiger partial charge in [0.1, 0.15) is 13.2 Å². The molecule has 0 heterocycles. The third kappa shape index (κ3) is 48.0. The summed E-state index contributed by atoms with van der Waals surface area (Å²) in [7, 11) is 1.23. The van der Waals surface area contributed by atoms with E-state index in [2.05, 4.69) is 67.8 Å². The highest BCUT2D eigenvalue weighted by Crippen LogP contribution is 2.38. The van der Waals surface area contributed by atoms with Gasteiger partial charge >= 0.3 is 0 Å². The number of carbonyl (C=O) groups is 1. The number of nitrogens with zero attached hydrogens (tertiary/aromatic N) is 1. The Hall–Kier alpha value is -1.80. The van der Waals surface area contributed by atoms with E-state index in [4.69, 9.17) is 9.05 Å². The number of aliphatic hydroxyl groups is 1. The van der Waals surface area contributed by atoms with Gasteiger partial charge in [-0.2, -0.15) is 0 Å². The predicted molar refractivity (Wildman–Crippen MR) is 270 cm³/mol. The van der Waals surface area contributed by atoms with E-state index in [0.717, 1.165) is 64.2 Å². The molecule has 0 spiro atoms. The number of rotatable bonds is 47. The van der Waals surface area contributed by atoms with Crippen LogP contribution in [0, 0.1) is 0 Å². The van der Waals surface area contributed by atoms with Crippen LogP contribution in [-0.4, -0.2) is 68.5 Å². The topological polar surface area (TPSA) is 108 Å². The fourth-order valence-electron chi connectivity index (χ4n) is 7.29. The zero-order valence-corrected chi connectivity index (χ0v) is 42.7. The van der Waals surface area contributed by atoms with Gasteiger partial charge in [-0.05, 0) is 70.6 Å². The van der Waals surface area contributed by atoms with Crippen molar-refractivity contribution in [3.05, 3.63) is 60.8 Å². The normalized spacial score (nSPS) is 14.6. The van der Waals surface area contributed by atoms with Crippen LogP contribution >= 0.6 is 7.82 Å². The van der Waals surface area contributed by atoms with Gasteiger partial charge in [-0.15, -0.1) is 0 Å². The van der Waals surface area contributed by atoms with Crippen molar-refractivity contribution in [2.75, 3.05) is 40.9 Å². The Bertz CT molecular complexity index is 1210. The molecule has 0 rings (SSSR count). The van der Waals surface area contributed by atoms with Crippen LogP contribution in [0.15, 0.2) is 60.8 Å². The standard InChI is InChI=1S/C54H101N2O6P/c1-6-8-10-12-14-16-18-20-22-24-26-27-28-30-31-33-35-37-39-41-43-45-47-53(57)52(51-62-63(59,60)61-50-49-56(3,4)5)55-54(58)48-46-44-42-40-38-36-34-32-29-25-23-21-19-17-15-13-11-9-7-2/h15,17,21,23,29,32,37,39,45,47,52-53,57H,6-14,16,18-20,22,24-28,30-31,33-36,38,40-44,46,48-51H2,1-5H3,(H-,55,58,59,60)/b17-15-,23-21-,32-29-,39-37+,47-45+. The highest BCUT2D eigenvalue weighted by molar-refractivity contribution is 7.45. The largest absolute Gasteiger partial charge is 0.756 e. The Balaban J connectivity index is 4.38. The molecule has 0 aromatic heterocycles. The summed E-state index contributed by atoms with van der Waals surface area (Å²) in [6.07, 6.45) is 59.9. The second-order valence-electron chi connectivity index (χ2n) is 18.9. The molecule has 368 valence electrons. The number of hydrogen-bond donors (Lipinski definition) is 2. The van der Waals surface area contributed by atoms with Crippen molar-refractivity contribution < 1.29 is 32.9 Å². The van der Waals surface area contributed by atoms with Gasteiger partial charge in [0.05, 0.1) is 39.9 Å². The van der Waals surface area contributed by atoms with Gasteiger partial charge in [-0.1, -0.05) is 209 Å². The Labute approximate surface area is 390 Å².